The summed E-state index contributed by atoms with van der Waals surface area (Å²) in [5.41, 5.74) is -0.723. The molecule has 0 heterocycles. The largest absolute Gasteiger partial charge is 0.507 e. The smallest absolute Gasteiger partial charge is 0.256 e. The minimum absolute atomic E-state index is 0.108. The van der Waals surface area contributed by atoms with Crippen molar-refractivity contribution in [3.8, 4) is 11.8 Å². The van der Waals surface area contributed by atoms with Gasteiger partial charge >= 0.3 is 0 Å². The van der Waals surface area contributed by atoms with Gasteiger partial charge in [-0.15, -0.1) is 0 Å². The number of phenols is 1. The summed E-state index contributed by atoms with van der Waals surface area (Å²) in [6, 6.07) is 6.55. The molecule has 1 aromatic carbocycles. The molecule has 0 unspecified atom stereocenters. The lowest BCUT2D eigenvalue weighted by Gasteiger charge is -2.26. The van der Waals surface area contributed by atoms with Gasteiger partial charge in [-0.05, 0) is 31.0 Å². The summed E-state index contributed by atoms with van der Waals surface area (Å²) in [6.45, 7) is 0. The van der Waals surface area contributed by atoms with Gasteiger partial charge in [0.15, 0.2) is 0 Å². The van der Waals surface area contributed by atoms with E-state index in [1.165, 1.54) is 18.2 Å². The van der Waals surface area contributed by atoms with E-state index in [0.717, 1.165) is 25.7 Å². The Morgan fingerprint density at radius 3 is 2.55 bits per heavy atom. The van der Waals surface area contributed by atoms with Crippen molar-refractivity contribution in [1.29, 1.82) is 5.26 Å². The fourth-order valence-corrected chi connectivity index (χ4v) is 2.74. The number of nitrogens with one attached hydrogen (secondary N) is 1. The Kier molecular flexibility index (Phi) is 4.51. The van der Waals surface area contributed by atoms with Crippen LogP contribution in [0.1, 0.15) is 48.9 Å². The Bertz CT molecular complexity index is 543. The summed E-state index contributed by atoms with van der Waals surface area (Å²) in [6.07, 6.45) is 5.32. The highest BCUT2D eigenvalue weighted by atomic mass is 35.5. The highest BCUT2D eigenvalue weighted by molar-refractivity contribution is 6.31. The molecule has 4 nitrogen and oxygen atoms in total. The highest BCUT2D eigenvalue weighted by Gasteiger charge is 2.33. The maximum Gasteiger partial charge on any atom is 0.256 e. The van der Waals surface area contributed by atoms with Gasteiger partial charge < -0.3 is 10.4 Å². The number of benzene rings is 1. The van der Waals surface area contributed by atoms with Gasteiger partial charge in [-0.25, -0.2) is 0 Å². The van der Waals surface area contributed by atoms with Crippen LogP contribution in [0.2, 0.25) is 5.02 Å². The number of rotatable bonds is 2. The normalized spacial score (nSPS) is 17.8. The quantitative estimate of drug-likeness (QED) is 0.821. The Morgan fingerprint density at radius 2 is 1.95 bits per heavy atom. The van der Waals surface area contributed by atoms with Gasteiger partial charge in [0.25, 0.3) is 5.91 Å². The fourth-order valence-electron chi connectivity index (χ4n) is 2.57. The Labute approximate surface area is 123 Å². The minimum atomic E-state index is -0.831. The van der Waals surface area contributed by atoms with Gasteiger partial charge in [0.05, 0.1) is 11.6 Å². The van der Waals surface area contributed by atoms with E-state index in [2.05, 4.69) is 11.4 Å². The van der Waals surface area contributed by atoms with E-state index in [-0.39, 0.29) is 11.3 Å². The molecular formula is C15H17ClN2O2. The van der Waals surface area contributed by atoms with Crippen LogP contribution >= 0.6 is 11.6 Å². The summed E-state index contributed by atoms with van der Waals surface area (Å²) >= 11 is 5.84. The average Bonchev–Trinajstić information content (AvgIpc) is 2.67. The topological polar surface area (TPSA) is 73.1 Å². The summed E-state index contributed by atoms with van der Waals surface area (Å²) in [7, 11) is 0. The van der Waals surface area contributed by atoms with Crippen LogP contribution in [-0.2, 0) is 0 Å². The molecule has 0 spiro atoms. The van der Waals surface area contributed by atoms with Crippen LogP contribution < -0.4 is 5.32 Å². The molecule has 2 rings (SSSR count). The van der Waals surface area contributed by atoms with E-state index in [1.807, 2.05) is 0 Å². The first-order valence-electron chi connectivity index (χ1n) is 6.79. The van der Waals surface area contributed by atoms with E-state index in [0.29, 0.717) is 17.9 Å². The minimum Gasteiger partial charge on any atom is -0.507 e. The van der Waals surface area contributed by atoms with Crippen molar-refractivity contribution in [3.63, 3.8) is 0 Å². The molecule has 2 N–H and O–H groups in total. The standard InChI is InChI=1S/C15H17ClN2O2/c16-11-5-6-13(19)12(9-11)14(20)18-15(10-17)7-3-1-2-4-8-15/h5-6,9,19H,1-4,7-8H2,(H,18,20). The SMILES string of the molecule is N#CC1(NC(=O)c2cc(Cl)ccc2O)CCCCCC1. The van der Waals surface area contributed by atoms with Crippen molar-refractivity contribution in [2.24, 2.45) is 0 Å². The third-order valence-electron chi connectivity index (χ3n) is 3.73. The number of halogens is 1. The van der Waals surface area contributed by atoms with Crippen molar-refractivity contribution in [2.75, 3.05) is 0 Å². The number of aromatic hydroxyl groups is 1. The molecule has 0 aliphatic heterocycles. The number of nitrogens with zero attached hydrogens (tertiary/aromatic N) is 1. The lowest BCUT2D eigenvalue weighted by atomic mass is 9.91. The molecule has 5 heteroatoms. The predicted octanol–water partition coefficient (Wildman–Crippen LogP) is 3.39. The van der Waals surface area contributed by atoms with Crippen LogP contribution in [0.25, 0.3) is 0 Å². The second-order valence-electron chi connectivity index (χ2n) is 5.22. The number of phenolic OH excluding ortho intramolecular Hbond substituents is 1. The molecule has 0 bridgehead atoms. The van der Waals surface area contributed by atoms with E-state index >= 15 is 0 Å². The lowest BCUT2D eigenvalue weighted by Crippen LogP contribution is -2.47. The molecule has 0 saturated heterocycles. The number of hydrogen-bond donors (Lipinski definition) is 2. The maximum absolute atomic E-state index is 12.3. The second-order valence-corrected chi connectivity index (χ2v) is 5.66. The molecule has 1 aromatic rings. The van der Waals surface area contributed by atoms with Crippen LogP contribution in [0.5, 0.6) is 5.75 Å². The van der Waals surface area contributed by atoms with E-state index in [1.54, 1.807) is 0 Å². The Balaban J connectivity index is 2.21. The second kappa shape index (κ2) is 6.15. The number of hydrogen-bond acceptors (Lipinski definition) is 3. The van der Waals surface area contributed by atoms with Crippen molar-refractivity contribution in [1.82, 2.24) is 5.32 Å². The first-order valence-corrected chi connectivity index (χ1v) is 7.16. The fraction of sp³-hybridized carbons (Fsp3) is 0.467. The van der Waals surface area contributed by atoms with E-state index in [4.69, 9.17) is 11.6 Å². The molecule has 0 radical (unpaired) electrons. The zero-order chi connectivity index (χ0) is 14.6. The zero-order valence-corrected chi connectivity index (χ0v) is 11.9. The summed E-state index contributed by atoms with van der Waals surface area (Å²) in [5, 5.41) is 22.3. The number of amides is 1. The van der Waals surface area contributed by atoms with Gasteiger partial charge in [-0.2, -0.15) is 5.26 Å². The van der Waals surface area contributed by atoms with Crippen molar-refractivity contribution < 1.29 is 9.90 Å². The number of carbonyl (C=O) groups is 1. The van der Waals surface area contributed by atoms with Crippen molar-refractivity contribution in [2.45, 2.75) is 44.1 Å². The van der Waals surface area contributed by atoms with Gasteiger partial charge in [0, 0.05) is 5.02 Å². The first-order chi connectivity index (χ1) is 9.56. The van der Waals surface area contributed by atoms with Crippen LogP contribution in [0.4, 0.5) is 0 Å². The van der Waals surface area contributed by atoms with E-state index in [9.17, 15) is 15.2 Å². The summed E-state index contributed by atoms with van der Waals surface area (Å²) < 4.78 is 0. The van der Waals surface area contributed by atoms with Crippen LogP contribution in [0.3, 0.4) is 0 Å². The summed E-state index contributed by atoms with van der Waals surface area (Å²) in [4.78, 5) is 12.3. The Morgan fingerprint density at radius 1 is 1.30 bits per heavy atom. The van der Waals surface area contributed by atoms with Gasteiger partial charge in [0.2, 0.25) is 0 Å². The molecule has 1 aliphatic rings. The first kappa shape index (κ1) is 14.7. The van der Waals surface area contributed by atoms with Crippen LogP contribution in [0.15, 0.2) is 18.2 Å². The molecular weight excluding hydrogens is 276 g/mol. The number of nitriles is 1. The molecule has 0 aromatic heterocycles. The molecule has 1 aliphatic carbocycles. The average molecular weight is 293 g/mol. The van der Waals surface area contributed by atoms with Crippen LogP contribution in [-0.4, -0.2) is 16.6 Å². The highest BCUT2D eigenvalue weighted by Crippen LogP contribution is 2.28. The third kappa shape index (κ3) is 3.23. The molecule has 1 fully saturated rings. The van der Waals surface area contributed by atoms with Crippen molar-refractivity contribution >= 4 is 17.5 Å². The Hall–Kier alpha value is -1.73. The third-order valence-corrected chi connectivity index (χ3v) is 3.96. The molecule has 0 atom stereocenters. The van der Waals surface area contributed by atoms with Crippen molar-refractivity contribution in [3.05, 3.63) is 28.8 Å². The monoisotopic (exact) mass is 292 g/mol. The summed E-state index contributed by atoms with van der Waals surface area (Å²) in [5.74, 6) is -0.581. The van der Waals surface area contributed by atoms with Crippen LogP contribution in [0, 0.1) is 11.3 Å². The zero-order valence-electron chi connectivity index (χ0n) is 11.2. The van der Waals surface area contributed by atoms with Gasteiger partial charge in [-0.3, -0.25) is 4.79 Å². The lowest BCUT2D eigenvalue weighted by molar-refractivity contribution is 0.0910. The van der Waals surface area contributed by atoms with Gasteiger partial charge in [-0.1, -0.05) is 37.3 Å². The molecule has 1 saturated carbocycles. The molecule has 20 heavy (non-hydrogen) atoms. The predicted molar refractivity (Wildman–Crippen MR) is 76.6 cm³/mol. The van der Waals surface area contributed by atoms with E-state index < -0.39 is 11.4 Å². The maximum atomic E-state index is 12.3. The molecule has 106 valence electrons. The van der Waals surface area contributed by atoms with Gasteiger partial charge in [0.1, 0.15) is 11.3 Å². The number of carbonyl (C=O) groups excluding carboxylic acids is 1. The molecule has 1 amide bonds.